The Morgan fingerprint density at radius 1 is 0.457 bits per heavy atom. The first kappa shape index (κ1) is 29.0. The van der Waals surface area contributed by atoms with Crippen LogP contribution in [0.1, 0.15) is 83.2 Å². The summed E-state index contributed by atoms with van der Waals surface area (Å²) in [6.45, 7) is 20.9. The Morgan fingerprint density at radius 2 is 1.04 bits per heavy atom. The van der Waals surface area contributed by atoms with Gasteiger partial charge in [-0.1, -0.05) is 146 Å². The maximum absolute atomic E-state index is 2.45. The number of rotatable bonds is 2. The third-order valence-corrected chi connectivity index (χ3v) is 10.8. The fraction of sp³-hybridized carbons (Fsp3) is 0.261. The van der Waals surface area contributed by atoms with Crippen molar-refractivity contribution in [3.63, 3.8) is 0 Å². The van der Waals surface area contributed by atoms with Crippen LogP contribution < -0.4 is 0 Å². The van der Waals surface area contributed by atoms with Crippen molar-refractivity contribution in [1.29, 1.82) is 0 Å². The Kier molecular flexibility index (Phi) is 6.02. The summed E-state index contributed by atoms with van der Waals surface area (Å²) in [7, 11) is 0. The first-order valence-electron chi connectivity index (χ1n) is 16.9. The minimum atomic E-state index is -0.0460. The third kappa shape index (κ3) is 4.26. The van der Waals surface area contributed by atoms with E-state index >= 15 is 0 Å². The summed E-state index contributed by atoms with van der Waals surface area (Å²) in [4.78, 5) is 0. The van der Waals surface area contributed by atoms with Gasteiger partial charge in [0.05, 0.1) is 0 Å². The summed E-state index contributed by atoms with van der Waals surface area (Å²) in [6.07, 6.45) is 0. The van der Waals surface area contributed by atoms with Crippen LogP contribution in [-0.4, -0.2) is 0 Å². The van der Waals surface area contributed by atoms with E-state index in [1.807, 2.05) is 0 Å². The second kappa shape index (κ2) is 9.55. The summed E-state index contributed by atoms with van der Waals surface area (Å²) in [5.74, 6) is 0. The molecule has 0 aliphatic heterocycles. The molecule has 0 bridgehead atoms. The molecule has 1 aliphatic carbocycles. The smallest absolute Gasteiger partial charge is 0.0159 e. The molecule has 8 rings (SSSR count). The number of fused-ring (bicyclic) bond motifs is 3. The van der Waals surface area contributed by atoms with Gasteiger partial charge < -0.3 is 0 Å². The van der Waals surface area contributed by atoms with Gasteiger partial charge in [0.1, 0.15) is 0 Å². The quantitative estimate of drug-likeness (QED) is 0.174. The molecule has 0 aromatic heterocycles. The largest absolute Gasteiger partial charge is 0.0610 e. The topological polar surface area (TPSA) is 0 Å². The molecule has 0 N–H and O–H groups in total. The van der Waals surface area contributed by atoms with Crippen LogP contribution in [0.5, 0.6) is 0 Å². The standard InChI is InChI=1S/C46H44/c1-27-21-39(38-19-15-32-24-34(45(5,6)7)23-31-14-17-35(27)43(38)42(31)32)30-12-10-11-28(22-30)29-13-18-36-37-20-16-33(44(2,3)4)26-41(37)46(8,9)40(36)25-29/h10-26H,1-9H3. The first-order valence-corrected chi connectivity index (χ1v) is 16.9. The van der Waals surface area contributed by atoms with Gasteiger partial charge >= 0.3 is 0 Å². The highest BCUT2D eigenvalue weighted by Gasteiger charge is 2.36. The number of benzene rings is 7. The van der Waals surface area contributed by atoms with E-state index in [9.17, 15) is 0 Å². The molecule has 228 valence electrons. The lowest BCUT2D eigenvalue weighted by Crippen LogP contribution is -2.17. The molecule has 7 aromatic carbocycles. The molecular weight excluding hydrogens is 553 g/mol. The van der Waals surface area contributed by atoms with Crippen LogP contribution in [0.25, 0.3) is 65.7 Å². The van der Waals surface area contributed by atoms with Gasteiger partial charge in [0.25, 0.3) is 0 Å². The van der Waals surface area contributed by atoms with Crippen LogP contribution in [0.4, 0.5) is 0 Å². The Morgan fingerprint density at radius 3 is 1.72 bits per heavy atom. The van der Waals surface area contributed by atoms with Crippen molar-refractivity contribution in [2.75, 3.05) is 0 Å². The van der Waals surface area contributed by atoms with Crippen molar-refractivity contribution in [1.82, 2.24) is 0 Å². The van der Waals surface area contributed by atoms with Crippen LogP contribution >= 0.6 is 0 Å². The molecule has 0 saturated heterocycles. The molecule has 46 heavy (non-hydrogen) atoms. The van der Waals surface area contributed by atoms with Gasteiger partial charge in [-0.05, 0) is 123 Å². The lowest BCUT2D eigenvalue weighted by Gasteiger charge is -2.25. The molecule has 0 heteroatoms. The Bertz CT molecular complexity index is 2330. The van der Waals surface area contributed by atoms with Gasteiger partial charge in [-0.3, -0.25) is 0 Å². The summed E-state index contributed by atoms with van der Waals surface area (Å²) in [5, 5.41) is 8.14. The van der Waals surface area contributed by atoms with Gasteiger partial charge in [-0.2, -0.15) is 0 Å². The SMILES string of the molecule is Cc1cc(-c2cccc(-c3ccc4c(c3)C(C)(C)c3cc(C(C)(C)C)ccc3-4)c2)c2ccc3cc(C(C)(C)C)cc4ccc1c2c43. The molecule has 0 atom stereocenters. The van der Waals surface area contributed by atoms with Crippen LogP contribution in [0.15, 0.2) is 103 Å². The van der Waals surface area contributed by atoms with Crippen molar-refractivity contribution >= 4 is 32.3 Å². The summed E-state index contributed by atoms with van der Waals surface area (Å²) < 4.78 is 0. The van der Waals surface area contributed by atoms with Gasteiger partial charge in [0.2, 0.25) is 0 Å². The minimum Gasteiger partial charge on any atom is -0.0610 e. The molecule has 0 radical (unpaired) electrons. The summed E-state index contributed by atoms with van der Waals surface area (Å²) in [5.41, 5.74) is 15.1. The van der Waals surface area contributed by atoms with Crippen molar-refractivity contribution < 1.29 is 0 Å². The van der Waals surface area contributed by atoms with Crippen molar-refractivity contribution in [3.8, 4) is 33.4 Å². The lowest BCUT2D eigenvalue weighted by molar-refractivity contribution is 0.584. The van der Waals surface area contributed by atoms with Crippen molar-refractivity contribution in [2.45, 2.75) is 78.6 Å². The molecule has 0 amide bonds. The average molecular weight is 597 g/mol. The summed E-state index contributed by atoms with van der Waals surface area (Å²) >= 11 is 0. The molecule has 0 unspecified atom stereocenters. The van der Waals surface area contributed by atoms with E-state index in [4.69, 9.17) is 0 Å². The maximum atomic E-state index is 2.45. The van der Waals surface area contributed by atoms with Crippen LogP contribution in [0, 0.1) is 6.92 Å². The minimum absolute atomic E-state index is 0.0460. The van der Waals surface area contributed by atoms with Crippen LogP contribution in [0.3, 0.4) is 0 Å². The van der Waals surface area contributed by atoms with Gasteiger partial charge in [0.15, 0.2) is 0 Å². The zero-order valence-electron chi connectivity index (χ0n) is 28.8. The second-order valence-electron chi connectivity index (χ2n) is 16.4. The molecule has 0 heterocycles. The van der Waals surface area contributed by atoms with E-state index in [0.717, 1.165) is 0 Å². The Hall–Kier alpha value is -4.42. The van der Waals surface area contributed by atoms with E-state index in [2.05, 4.69) is 165 Å². The molecule has 1 aliphatic rings. The van der Waals surface area contributed by atoms with E-state index in [1.165, 1.54) is 93.5 Å². The second-order valence-corrected chi connectivity index (χ2v) is 16.4. The van der Waals surface area contributed by atoms with Gasteiger partial charge in [-0.25, -0.2) is 0 Å². The predicted octanol–water partition coefficient (Wildman–Crippen LogP) is 13.1. The zero-order chi connectivity index (χ0) is 32.3. The molecule has 0 saturated carbocycles. The Labute approximate surface area is 274 Å². The van der Waals surface area contributed by atoms with Crippen molar-refractivity contribution in [2.24, 2.45) is 0 Å². The van der Waals surface area contributed by atoms with Crippen molar-refractivity contribution in [3.05, 3.63) is 131 Å². The van der Waals surface area contributed by atoms with Gasteiger partial charge in [-0.15, -0.1) is 0 Å². The lowest BCUT2D eigenvalue weighted by atomic mass is 9.78. The third-order valence-electron chi connectivity index (χ3n) is 10.8. The van der Waals surface area contributed by atoms with Gasteiger partial charge in [0, 0.05) is 5.41 Å². The molecule has 0 spiro atoms. The number of aryl methyl sites for hydroxylation is 1. The van der Waals surface area contributed by atoms with E-state index < -0.39 is 0 Å². The highest BCUT2D eigenvalue weighted by atomic mass is 14.4. The summed E-state index contributed by atoms with van der Waals surface area (Å²) in [6, 6.07) is 40.0. The zero-order valence-corrected chi connectivity index (χ0v) is 28.8. The first-order chi connectivity index (χ1) is 21.7. The van der Waals surface area contributed by atoms with E-state index in [0.29, 0.717) is 0 Å². The normalized spacial score (nSPS) is 14.4. The average Bonchev–Trinajstić information content (AvgIpc) is 3.24. The molecule has 7 aromatic rings. The van der Waals surface area contributed by atoms with Crippen LogP contribution in [-0.2, 0) is 16.2 Å². The highest BCUT2D eigenvalue weighted by molar-refractivity contribution is 6.26. The monoisotopic (exact) mass is 596 g/mol. The van der Waals surface area contributed by atoms with E-state index in [-0.39, 0.29) is 16.2 Å². The molecule has 0 nitrogen and oxygen atoms in total. The molecular formula is C46H44. The van der Waals surface area contributed by atoms with Crippen LogP contribution in [0.2, 0.25) is 0 Å². The van der Waals surface area contributed by atoms with E-state index in [1.54, 1.807) is 0 Å². The fourth-order valence-electron chi connectivity index (χ4n) is 8.01. The number of hydrogen-bond donors (Lipinski definition) is 0. The predicted molar refractivity (Wildman–Crippen MR) is 201 cm³/mol. The maximum Gasteiger partial charge on any atom is 0.0159 e. The highest BCUT2D eigenvalue weighted by Crippen LogP contribution is 2.51. The Balaban J connectivity index is 1.26. The molecule has 0 fully saturated rings. The fourth-order valence-corrected chi connectivity index (χ4v) is 8.01. The number of hydrogen-bond acceptors (Lipinski definition) is 0.